The lowest BCUT2D eigenvalue weighted by atomic mass is 10.1. The van der Waals surface area contributed by atoms with Gasteiger partial charge >= 0.3 is 0 Å². The Balaban J connectivity index is 2.93. The Hall–Kier alpha value is -0.930. The molecule has 14 heavy (non-hydrogen) atoms. The predicted molar refractivity (Wildman–Crippen MR) is 55.0 cm³/mol. The van der Waals surface area contributed by atoms with Gasteiger partial charge in [0.25, 0.3) is 0 Å². The molecule has 0 saturated heterocycles. The molecule has 0 heterocycles. The highest BCUT2D eigenvalue weighted by Crippen LogP contribution is 2.29. The van der Waals surface area contributed by atoms with Gasteiger partial charge in [-0.3, -0.25) is 0 Å². The van der Waals surface area contributed by atoms with Crippen molar-refractivity contribution in [3.05, 3.63) is 23.8 Å². The molecule has 1 atom stereocenters. The van der Waals surface area contributed by atoms with Crippen LogP contribution in [0.2, 0.25) is 0 Å². The van der Waals surface area contributed by atoms with Gasteiger partial charge in [0.15, 0.2) is 11.5 Å². The zero-order chi connectivity index (χ0) is 10.6. The molecule has 0 fully saturated rings. The van der Waals surface area contributed by atoms with E-state index in [1.807, 2.05) is 6.92 Å². The summed E-state index contributed by atoms with van der Waals surface area (Å²) < 4.78 is 5.17. The smallest absolute Gasteiger partial charge is 0.161 e. The molecule has 2 N–H and O–H groups in total. The van der Waals surface area contributed by atoms with Gasteiger partial charge in [0.05, 0.1) is 18.6 Å². The minimum Gasteiger partial charge on any atom is -0.504 e. The molecule has 0 radical (unpaired) electrons. The molecule has 0 aliphatic heterocycles. The number of phenols is 1. The van der Waals surface area contributed by atoms with Crippen LogP contribution in [0, 0.1) is 0 Å². The molecule has 0 amide bonds. The van der Waals surface area contributed by atoms with Crippen LogP contribution in [-0.4, -0.2) is 22.7 Å². The van der Waals surface area contributed by atoms with E-state index in [-0.39, 0.29) is 11.6 Å². The number of benzene rings is 1. The second-order valence-corrected chi connectivity index (χ2v) is 3.14. The second kappa shape index (κ2) is 5.08. The number of ether oxygens (including phenoxy) is 1. The summed E-state index contributed by atoms with van der Waals surface area (Å²) in [5.41, 5.74) is 0.640. The molecule has 0 bridgehead atoms. The molecule has 1 rings (SSSR count). The number of aliphatic hydroxyl groups is 1. The van der Waals surface area contributed by atoms with Crippen LogP contribution in [0.3, 0.4) is 0 Å². The van der Waals surface area contributed by atoms with E-state index in [0.717, 1.165) is 0 Å². The summed E-state index contributed by atoms with van der Waals surface area (Å²) >= 11 is 5.50. The van der Waals surface area contributed by atoms with Crippen LogP contribution in [-0.2, 0) is 0 Å². The highest BCUT2D eigenvalue weighted by molar-refractivity contribution is 6.18. The zero-order valence-electron chi connectivity index (χ0n) is 7.90. The van der Waals surface area contributed by atoms with Crippen molar-refractivity contribution in [2.45, 2.75) is 13.0 Å². The van der Waals surface area contributed by atoms with E-state index in [9.17, 15) is 10.2 Å². The number of aliphatic hydroxyl groups excluding tert-OH is 1. The third-order valence-corrected chi connectivity index (χ3v) is 2.11. The van der Waals surface area contributed by atoms with Crippen molar-refractivity contribution in [1.82, 2.24) is 0 Å². The lowest BCUT2D eigenvalue weighted by Gasteiger charge is -2.10. The molecule has 78 valence electrons. The first-order valence-electron chi connectivity index (χ1n) is 4.38. The van der Waals surface area contributed by atoms with Gasteiger partial charge in [-0.25, -0.2) is 0 Å². The third kappa shape index (κ3) is 2.53. The predicted octanol–water partition coefficient (Wildman–Crippen LogP) is 2.06. The number of phenolic OH excluding ortho intramolecular Hbond substituents is 1. The molecule has 0 aliphatic carbocycles. The Morgan fingerprint density at radius 3 is 2.79 bits per heavy atom. The van der Waals surface area contributed by atoms with Crippen LogP contribution >= 0.6 is 11.6 Å². The molecule has 0 aliphatic rings. The SMILES string of the molecule is CCOc1cc(C(O)CCl)ccc1O. The Labute approximate surface area is 87.9 Å². The molecule has 0 saturated carbocycles. The standard InChI is InChI=1S/C10H13ClO3/c1-2-14-10-5-7(9(13)6-11)3-4-8(10)12/h3-5,9,12-13H,2,6H2,1H3. The summed E-state index contributed by atoms with van der Waals surface area (Å²) in [7, 11) is 0. The van der Waals surface area contributed by atoms with E-state index in [4.69, 9.17) is 16.3 Å². The van der Waals surface area contributed by atoms with Crippen molar-refractivity contribution < 1.29 is 14.9 Å². The molecule has 1 aromatic carbocycles. The summed E-state index contributed by atoms with van der Waals surface area (Å²) in [4.78, 5) is 0. The van der Waals surface area contributed by atoms with E-state index in [0.29, 0.717) is 17.9 Å². The van der Waals surface area contributed by atoms with Crippen molar-refractivity contribution in [2.24, 2.45) is 0 Å². The van der Waals surface area contributed by atoms with Gasteiger partial charge in [0, 0.05) is 0 Å². The minimum atomic E-state index is -0.725. The van der Waals surface area contributed by atoms with E-state index in [2.05, 4.69) is 0 Å². The van der Waals surface area contributed by atoms with Crippen LogP contribution in [0.5, 0.6) is 11.5 Å². The van der Waals surface area contributed by atoms with Gasteiger partial charge in [0.2, 0.25) is 0 Å². The fraction of sp³-hybridized carbons (Fsp3) is 0.400. The third-order valence-electron chi connectivity index (χ3n) is 1.81. The summed E-state index contributed by atoms with van der Waals surface area (Å²) in [5, 5.41) is 18.8. The molecule has 1 aromatic rings. The minimum absolute atomic E-state index is 0.0670. The molecular formula is C10H13ClO3. The van der Waals surface area contributed by atoms with Gasteiger partial charge in [-0.2, -0.15) is 0 Å². The summed E-state index contributed by atoms with van der Waals surface area (Å²) in [6.45, 7) is 2.29. The van der Waals surface area contributed by atoms with Crippen LogP contribution in [0.15, 0.2) is 18.2 Å². The van der Waals surface area contributed by atoms with Crippen molar-refractivity contribution in [3.63, 3.8) is 0 Å². The Kier molecular flexibility index (Phi) is 4.04. The van der Waals surface area contributed by atoms with Crippen molar-refractivity contribution in [3.8, 4) is 11.5 Å². The summed E-state index contributed by atoms with van der Waals surface area (Å²) in [5.74, 6) is 0.558. The van der Waals surface area contributed by atoms with Gasteiger partial charge < -0.3 is 14.9 Å². The molecule has 3 nitrogen and oxygen atoms in total. The fourth-order valence-corrected chi connectivity index (χ4v) is 1.28. The van der Waals surface area contributed by atoms with Crippen LogP contribution in [0.25, 0.3) is 0 Å². The maximum atomic E-state index is 9.44. The van der Waals surface area contributed by atoms with Crippen molar-refractivity contribution in [2.75, 3.05) is 12.5 Å². The second-order valence-electron chi connectivity index (χ2n) is 2.83. The molecule has 1 unspecified atom stereocenters. The van der Waals surface area contributed by atoms with Gasteiger partial charge in [-0.1, -0.05) is 6.07 Å². The molecule has 0 spiro atoms. The Morgan fingerprint density at radius 1 is 1.50 bits per heavy atom. The van der Waals surface area contributed by atoms with Crippen LogP contribution in [0.1, 0.15) is 18.6 Å². The highest BCUT2D eigenvalue weighted by atomic mass is 35.5. The number of halogens is 1. The lowest BCUT2D eigenvalue weighted by molar-refractivity contribution is 0.201. The monoisotopic (exact) mass is 216 g/mol. The van der Waals surface area contributed by atoms with Crippen molar-refractivity contribution in [1.29, 1.82) is 0 Å². The number of hydrogen-bond donors (Lipinski definition) is 2. The quantitative estimate of drug-likeness (QED) is 0.758. The van der Waals surface area contributed by atoms with Crippen LogP contribution < -0.4 is 4.74 Å². The van der Waals surface area contributed by atoms with Gasteiger partial charge in [-0.05, 0) is 24.6 Å². The number of aromatic hydroxyl groups is 1. The summed E-state index contributed by atoms with van der Waals surface area (Å²) in [6, 6.07) is 4.69. The first-order valence-corrected chi connectivity index (χ1v) is 4.92. The van der Waals surface area contributed by atoms with Gasteiger partial charge in [-0.15, -0.1) is 11.6 Å². The van der Waals surface area contributed by atoms with Gasteiger partial charge in [0.1, 0.15) is 0 Å². The van der Waals surface area contributed by atoms with E-state index in [1.165, 1.54) is 6.07 Å². The number of alkyl halides is 1. The topological polar surface area (TPSA) is 49.7 Å². The first-order chi connectivity index (χ1) is 6.69. The highest BCUT2D eigenvalue weighted by Gasteiger charge is 2.09. The lowest BCUT2D eigenvalue weighted by Crippen LogP contribution is -2.00. The Morgan fingerprint density at radius 2 is 2.21 bits per heavy atom. The first kappa shape index (κ1) is 11.1. The normalized spacial score (nSPS) is 12.5. The number of hydrogen-bond acceptors (Lipinski definition) is 3. The van der Waals surface area contributed by atoms with Crippen molar-refractivity contribution >= 4 is 11.6 Å². The fourth-order valence-electron chi connectivity index (χ4n) is 1.10. The maximum Gasteiger partial charge on any atom is 0.161 e. The zero-order valence-corrected chi connectivity index (χ0v) is 8.66. The molecule has 4 heteroatoms. The molecule has 0 aromatic heterocycles. The number of rotatable bonds is 4. The Bertz CT molecular complexity index is 301. The summed E-state index contributed by atoms with van der Waals surface area (Å²) in [6.07, 6.45) is -0.725. The van der Waals surface area contributed by atoms with Crippen LogP contribution in [0.4, 0.5) is 0 Å². The van der Waals surface area contributed by atoms with E-state index >= 15 is 0 Å². The maximum absolute atomic E-state index is 9.44. The largest absolute Gasteiger partial charge is 0.504 e. The average Bonchev–Trinajstić information content (AvgIpc) is 2.20. The van der Waals surface area contributed by atoms with E-state index in [1.54, 1.807) is 12.1 Å². The molecular weight excluding hydrogens is 204 g/mol. The average molecular weight is 217 g/mol. The van der Waals surface area contributed by atoms with E-state index < -0.39 is 6.10 Å².